The number of rotatable bonds is 4. The SMILES string of the molecule is O=S(=O)(NOCC(F)(F)F)c1c(Cl)cccc1Cl. The van der Waals surface area contributed by atoms with Crippen LogP contribution in [0.3, 0.4) is 0 Å². The summed E-state index contributed by atoms with van der Waals surface area (Å²) in [6.07, 6.45) is -4.66. The highest BCUT2D eigenvalue weighted by atomic mass is 35.5. The molecule has 0 atom stereocenters. The van der Waals surface area contributed by atoms with Crippen molar-refractivity contribution >= 4 is 33.2 Å². The number of benzene rings is 1. The van der Waals surface area contributed by atoms with E-state index >= 15 is 0 Å². The van der Waals surface area contributed by atoms with Crippen molar-refractivity contribution in [2.24, 2.45) is 0 Å². The molecule has 0 saturated heterocycles. The van der Waals surface area contributed by atoms with Gasteiger partial charge >= 0.3 is 6.18 Å². The number of hydrogen-bond donors (Lipinski definition) is 1. The highest BCUT2D eigenvalue weighted by Gasteiger charge is 2.30. The van der Waals surface area contributed by atoms with Gasteiger partial charge in [-0.05, 0) is 12.1 Å². The predicted molar refractivity (Wildman–Crippen MR) is 58.8 cm³/mol. The maximum atomic E-state index is 11.8. The van der Waals surface area contributed by atoms with E-state index in [9.17, 15) is 21.6 Å². The zero-order chi connectivity index (χ0) is 14.0. The summed E-state index contributed by atoms with van der Waals surface area (Å²) >= 11 is 11.2. The molecule has 10 heteroatoms. The van der Waals surface area contributed by atoms with Gasteiger partial charge in [0.15, 0.2) is 6.61 Å². The van der Waals surface area contributed by atoms with E-state index in [-0.39, 0.29) is 10.0 Å². The van der Waals surface area contributed by atoms with Gasteiger partial charge in [0.1, 0.15) is 4.90 Å². The van der Waals surface area contributed by atoms with E-state index in [1.165, 1.54) is 23.1 Å². The minimum Gasteiger partial charge on any atom is -0.277 e. The lowest BCUT2D eigenvalue weighted by atomic mass is 10.4. The Kier molecular flexibility index (Phi) is 4.84. The summed E-state index contributed by atoms with van der Waals surface area (Å²) in [4.78, 5) is 4.60. The summed E-state index contributed by atoms with van der Waals surface area (Å²) in [5.74, 6) is 0. The van der Waals surface area contributed by atoms with E-state index in [0.717, 1.165) is 0 Å². The highest BCUT2D eigenvalue weighted by Crippen LogP contribution is 2.28. The predicted octanol–water partition coefficient (Wildman–Crippen LogP) is 2.77. The minimum atomic E-state index is -4.66. The van der Waals surface area contributed by atoms with Crippen LogP contribution in [-0.4, -0.2) is 21.2 Å². The lowest BCUT2D eigenvalue weighted by molar-refractivity contribution is -0.181. The molecular formula is C8H6Cl2F3NO3S. The molecule has 1 rings (SSSR count). The molecular weight excluding hydrogens is 318 g/mol. The van der Waals surface area contributed by atoms with Gasteiger partial charge in [-0.3, -0.25) is 4.84 Å². The van der Waals surface area contributed by atoms with Crippen LogP contribution in [0, 0.1) is 0 Å². The summed E-state index contributed by atoms with van der Waals surface area (Å²) in [6, 6.07) is 3.85. The number of hydrogen-bond acceptors (Lipinski definition) is 3. The molecule has 4 nitrogen and oxygen atoms in total. The molecule has 102 valence electrons. The number of sulfonamides is 1. The zero-order valence-corrected chi connectivity index (χ0v) is 10.8. The van der Waals surface area contributed by atoms with E-state index in [4.69, 9.17) is 23.2 Å². The average molecular weight is 324 g/mol. The zero-order valence-electron chi connectivity index (χ0n) is 8.46. The first kappa shape index (κ1) is 15.5. The average Bonchev–Trinajstić information content (AvgIpc) is 2.13. The van der Waals surface area contributed by atoms with Crippen molar-refractivity contribution in [3.8, 4) is 0 Å². The van der Waals surface area contributed by atoms with E-state index in [2.05, 4.69) is 4.84 Å². The monoisotopic (exact) mass is 323 g/mol. The van der Waals surface area contributed by atoms with Crippen molar-refractivity contribution < 1.29 is 26.4 Å². The van der Waals surface area contributed by atoms with Crippen LogP contribution in [0.1, 0.15) is 0 Å². The molecule has 0 radical (unpaired) electrons. The van der Waals surface area contributed by atoms with Gasteiger partial charge in [-0.2, -0.15) is 13.2 Å². The van der Waals surface area contributed by atoms with Gasteiger partial charge in [-0.1, -0.05) is 34.2 Å². The lowest BCUT2D eigenvalue weighted by Gasteiger charge is -2.11. The normalized spacial score (nSPS) is 12.7. The minimum absolute atomic E-state index is 0.231. The maximum absolute atomic E-state index is 11.8. The van der Waals surface area contributed by atoms with Crippen LogP contribution in [0.15, 0.2) is 23.1 Å². The second-order valence-electron chi connectivity index (χ2n) is 3.04. The summed E-state index contributed by atoms with van der Waals surface area (Å²) in [5, 5.41) is -0.462. The molecule has 0 amide bonds. The van der Waals surface area contributed by atoms with Crippen LogP contribution in [0.4, 0.5) is 13.2 Å². The third-order valence-electron chi connectivity index (χ3n) is 1.59. The molecule has 0 aliphatic carbocycles. The topological polar surface area (TPSA) is 55.4 Å². The quantitative estimate of drug-likeness (QED) is 0.867. The molecule has 1 aromatic carbocycles. The van der Waals surface area contributed by atoms with Crippen LogP contribution in [-0.2, 0) is 14.9 Å². The fourth-order valence-corrected chi connectivity index (χ4v) is 2.92. The van der Waals surface area contributed by atoms with Crippen LogP contribution in [0.5, 0.6) is 0 Å². The third kappa shape index (κ3) is 4.29. The summed E-state index contributed by atoms with van der Waals surface area (Å²) in [6.45, 7) is -1.77. The van der Waals surface area contributed by atoms with Gasteiger partial charge in [0.25, 0.3) is 10.0 Å². The molecule has 0 heterocycles. The first-order valence-corrected chi connectivity index (χ1v) is 6.52. The first-order valence-electron chi connectivity index (χ1n) is 4.28. The Morgan fingerprint density at radius 3 is 2.17 bits per heavy atom. The Balaban J connectivity index is 2.88. The van der Waals surface area contributed by atoms with Gasteiger partial charge in [-0.15, -0.1) is 0 Å². The first-order chi connectivity index (χ1) is 8.13. The summed E-state index contributed by atoms with van der Waals surface area (Å²) in [7, 11) is -4.38. The van der Waals surface area contributed by atoms with Gasteiger partial charge < -0.3 is 0 Å². The van der Waals surface area contributed by atoms with Crippen molar-refractivity contribution in [3.05, 3.63) is 28.2 Å². The van der Waals surface area contributed by atoms with Crippen molar-refractivity contribution in [2.45, 2.75) is 11.1 Å². The molecule has 0 bridgehead atoms. The molecule has 18 heavy (non-hydrogen) atoms. The standard InChI is InChI=1S/C8H6Cl2F3NO3S/c9-5-2-1-3-6(10)7(5)18(15,16)14-17-4-8(11,12)13/h1-3,14H,4H2. The summed E-state index contributed by atoms with van der Waals surface area (Å²) < 4.78 is 58.5. The van der Waals surface area contributed by atoms with Crippen molar-refractivity contribution in [1.82, 2.24) is 4.89 Å². The fraction of sp³-hybridized carbons (Fsp3) is 0.250. The van der Waals surface area contributed by atoms with Crippen LogP contribution in [0.25, 0.3) is 0 Å². The highest BCUT2D eigenvalue weighted by molar-refractivity contribution is 7.89. The van der Waals surface area contributed by atoms with Gasteiger partial charge in [0.05, 0.1) is 10.0 Å². The smallest absolute Gasteiger partial charge is 0.277 e. The second kappa shape index (κ2) is 5.62. The van der Waals surface area contributed by atoms with Crippen molar-refractivity contribution in [2.75, 3.05) is 6.61 Å². The number of alkyl halides is 3. The molecule has 0 fully saturated rings. The van der Waals surface area contributed by atoms with E-state index in [1.54, 1.807) is 0 Å². The molecule has 1 N–H and O–H groups in total. The molecule has 0 unspecified atom stereocenters. The number of nitrogens with one attached hydrogen (secondary N) is 1. The Bertz CT molecular complexity index is 513. The van der Waals surface area contributed by atoms with Gasteiger partial charge in [0.2, 0.25) is 0 Å². The lowest BCUT2D eigenvalue weighted by Crippen LogP contribution is -2.30. The molecule has 0 aliphatic rings. The molecule has 1 aromatic rings. The van der Waals surface area contributed by atoms with Crippen LogP contribution < -0.4 is 4.89 Å². The van der Waals surface area contributed by atoms with Gasteiger partial charge in [-0.25, -0.2) is 8.42 Å². The van der Waals surface area contributed by atoms with Crippen molar-refractivity contribution in [3.63, 3.8) is 0 Å². The van der Waals surface area contributed by atoms with Crippen molar-refractivity contribution in [1.29, 1.82) is 0 Å². The Hall–Kier alpha value is -0.540. The fourth-order valence-electron chi connectivity index (χ4n) is 0.970. The molecule has 0 saturated carbocycles. The Labute approximate surface area is 111 Å². The molecule has 0 aliphatic heterocycles. The van der Waals surface area contributed by atoms with E-state index < -0.39 is 27.7 Å². The Morgan fingerprint density at radius 1 is 1.22 bits per heavy atom. The van der Waals surface area contributed by atoms with Gasteiger partial charge in [0, 0.05) is 0 Å². The maximum Gasteiger partial charge on any atom is 0.413 e. The summed E-state index contributed by atoms with van der Waals surface area (Å²) in [5.41, 5.74) is 0. The second-order valence-corrected chi connectivity index (χ2v) is 5.44. The molecule has 0 spiro atoms. The van der Waals surface area contributed by atoms with E-state index in [1.807, 2.05) is 0 Å². The number of halogens is 5. The third-order valence-corrected chi connectivity index (χ3v) is 3.76. The molecule has 0 aromatic heterocycles. The van der Waals surface area contributed by atoms with Crippen LogP contribution >= 0.6 is 23.2 Å². The van der Waals surface area contributed by atoms with E-state index in [0.29, 0.717) is 0 Å². The van der Waals surface area contributed by atoms with Crippen LogP contribution in [0.2, 0.25) is 10.0 Å². The Morgan fingerprint density at radius 2 is 1.72 bits per heavy atom. The largest absolute Gasteiger partial charge is 0.413 e.